The molecule has 0 fully saturated rings. The van der Waals surface area contributed by atoms with E-state index in [0.29, 0.717) is 17.7 Å². The summed E-state index contributed by atoms with van der Waals surface area (Å²) in [4.78, 5) is 14.3. The molecule has 1 unspecified atom stereocenters. The van der Waals surface area contributed by atoms with E-state index in [0.717, 1.165) is 6.54 Å². The number of benzene rings is 1. The van der Waals surface area contributed by atoms with Crippen molar-refractivity contribution >= 4 is 5.97 Å². The van der Waals surface area contributed by atoms with Crippen LogP contribution in [0.3, 0.4) is 0 Å². The van der Waals surface area contributed by atoms with Crippen LogP contribution in [-0.2, 0) is 15.1 Å². The van der Waals surface area contributed by atoms with E-state index in [-0.39, 0.29) is 12.4 Å². The lowest BCUT2D eigenvalue weighted by atomic mass is 9.91. The molecule has 0 radical (unpaired) electrons. The highest BCUT2D eigenvalue weighted by Gasteiger charge is 2.36. The van der Waals surface area contributed by atoms with Crippen molar-refractivity contribution in [3.63, 3.8) is 0 Å². The summed E-state index contributed by atoms with van der Waals surface area (Å²) in [5, 5.41) is 3.19. The zero-order valence-electron chi connectivity index (χ0n) is 13.5. The molecule has 0 aliphatic rings. The quantitative estimate of drug-likeness (QED) is 0.782. The number of carbonyl (C=O) groups excluding carboxylic acids is 1. The van der Waals surface area contributed by atoms with E-state index in [1.165, 1.54) is 6.07 Å². The van der Waals surface area contributed by atoms with Crippen LogP contribution in [0.1, 0.15) is 25.0 Å². The molecule has 0 bridgehead atoms. The van der Waals surface area contributed by atoms with Gasteiger partial charge in [-0.05, 0) is 52.1 Å². The maximum atomic E-state index is 13.8. The number of aryl methyl sites for hydroxylation is 1. The SMILES string of the molecule is CCOC(=O)C(C)(NCCN(C)C)c1ccc(C)c(F)c1. The normalized spacial score (nSPS) is 14.0. The van der Waals surface area contributed by atoms with Crippen LogP contribution in [0, 0.1) is 12.7 Å². The van der Waals surface area contributed by atoms with Gasteiger partial charge in [-0.2, -0.15) is 0 Å². The number of halogens is 1. The van der Waals surface area contributed by atoms with Crippen LogP contribution >= 0.6 is 0 Å². The van der Waals surface area contributed by atoms with Crippen molar-refractivity contribution in [3.05, 3.63) is 35.1 Å². The van der Waals surface area contributed by atoms with E-state index in [2.05, 4.69) is 5.32 Å². The summed E-state index contributed by atoms with van der Waals surface area (Å²) in [5.41, 5.74) is 0.0710. The van der Waals surface area contributed by atoms with Gasteiger partial charge in [0.1, 0.15) is 11.4 Å². The van der Waals surface area contributed by atoms with Gasteiger partial charge < -0.3 is 9.64 Å². The fraction of sp³-hybridized carbons (Fsp3) is 0.562. The lowest BCUT2D eigenvalue weighted by Gasteiger charge is -2.30. The molecule has 1 aromatic rings. The number of nitrogens with zero attached hydrogens (tertiary/aromatic N) is 1. The first-order valence-corrected chi connectivity index (χ1v) is 7.15. The number of ether oxygens (including phenoxy) is 1. The standard InChI is InChI=1S/C16H25FN2O2/c1-6-21-15(20)16(3,18-9-10-19(4)5)13-8-7-12(2)14(17)11-13/h7-8,11,18H,6,9-10H2,1-5H3. The van der Waals surface area contributed by atoms with Crippen molar-refractivity contribution in [3.8, 4) is 0 Å². The summed E-state index contributed by atoms with van der Waals surface area (Å²) in [7, 11) is 3.91. The van der Waals surface area contributed by atoms with Crippen molar-refractivity contribution in [1.82, 2.24) is 10.2 Å². The number of carbonyl (C=O) groups is 1. The molecule has 0 heterocycles. The van der Waals surface area contributed by atoms with Gasteiger partial charge in [0, 0.05) is 13.1 Å². The second-order valence-electron chi connectivity index (χ2n) is 5.54. The molecule has 1 N–H and O–H groups in total. The highest BCUT2D eigenvalue weighted by molar-refractivity contribution is 5.82. The Bertz CT molecular complexity index is 491. The van der Waals surface area contributed by atoms with Crippen LogP contribution < -0.4 is 5.32 Å². The highest BCUT2D eigenvalue weighted by Crippen LogP contribution is 2.24. The van der Waals surface area contributed by atoms with Crippen LogP contribution in [-0.4, -0.2) is 44.7 Å². The van der Waals surface area contributed by atoms with E-state index in [4.69, 9.17) is 4.74 Å². The van der Waals surface area contributed by atoms with E-state index >= 15 is 0 Å². The lowest BCUT2D eigenvalue weighted by Crippen LogP contribution is -2.49. The maximum Gasteiger partial charge on any atom is 0.330 e. The van der Waals surface area contributed by atoms with E-state index in [1.807, 2.05) is 19.0 Å². The first-order chi connectivity index (χ1) is 9.81. The molecule has 0 amide bonds. The van der Waals surface area contributed by atoms with Crippen LogP contribution in [0.15, 0.2) is 18.2 Å². The van der Waals surface area contributed by atoms with Crippen molar-refractivity contribution in [2.75, 3.05) is 33.8 Å². The Morgan fingerprint density at radius 3 is 2.62 bits per heavy atom. The number of likely N-dealkylation sites (N-methyl/N-ethyl adjacent to an activating group) is 1. The second kappa shape index (κ2) is 7.52. The number of esters is 1. The predicted octanol–water partition coefficient (Wildman–Crippen LogP) is 2.06. The topological polar surface area (TPSA) is 41.6 Å². The Kier molecular flexibility index (Phi) is 6.30. The molecule has 0 saturated heterocycles. The van der Waals surface area contributed by atoms with E-state index < -0.39 is 11.5 Å². The van der Waals surface area contributed by atoms with Gasteiger partial charge in [0.15, 0.2) is 0 Å². The predicted molar refractivity (Wildman–Crippen MR) is 81.7 cm³/mol. The summed E-state index contributed by atoms with van der Waals surface area (Å²) in [6.07, 6.45) is 0. The number of hydrogen-bond acceptors (Lipinski definition) is 4. The monoisotopic (exact) mass is 296 g/mol. The van der Waals surface area contributed by atoms with Gasteiger partial charge in [0.25, 0.3) is 0 Å². The summed E-state index contributed by atoms with van der Waals surface area (Å²) >= 11 is 0. The summed E-state index contributed by atoms with van der Waals surface area (Å²) in [6, 6.07) is 4.84. The molecular formula is C16H25FN2O2. The Hall–Kier alpha value is -1.46. The van der Waals surface area contributed by atoms with Gasteiger partial charge in [-0.1, -0.05) is 12.1 Å². The molecule has 1 aromatic carbocycles. The average molecular weight is 296 g/mol. The molecule has 1 rings (SSSR count). The molecule has 0 aliphatic carbocycles. The van der Waals surface area contributed by atoms with E-state index in [9.17, 15) is 9.18 Å². The van der Waals surface area contributed by atoms with Crippen molar-refractivity contribution < 1.29 is 13.9 Å². The molecule has 118 valence electrons. The first-order valence-electron chi connectivity index (χ1n) is 7.15. The van der Waals surface area contributed by atoms with Gasteiger partial charge in [0.05, 0.1) is 6.61 Å². The Morgan fingerprint density at radius 2 is 2.10 bits per heavy atom. The van der Waals surface area contributed by atoms with Gasteiger partial charge in [-0.3, -0.25) is 5.32 Å². The molecule has 4 nitrogen and oxygen atoms in total. The molecule has 0 aliphatic heterocycles. The third kappa shape index (κ3) is 4.51. The number of hydrogen-bond donors (Lipinski definition) is 1. The average Bonchev–Trinajstić information content (AvgIpc) is 2.41. The number of rotatable bonds is 7. The zero-order valence-corrected chi connectivity index (χ0v) is 13.5. The molecule has 21 heavy (non-hydrogen) atoms. The third-order valence-corrected chi connectivity index (χ3v) is 3.47. The molecule has 0 saturated carbocycles. The van der Waals surface area contributed by atoms with Crippen LogP contribution in [0.25, 0.3) is 0 Å². The summed E-state index contributed by atoms with van der Waals surface area (Å²) in [6.45, 7) is 6.83. The zero-order chi connectivity index (χ0) is 16.0. The Morgan fingerprint density at radius 1 is 1.43 bits per heavy atom. The summed E-state index contributed by atoms with van der Waals surface area (Å²) in [5.74, 6) is -0.718. The fourth-order valence-electron chi connectivity index (χ4n) is 2.00. The van der Waals surface area contributed by atoms with E-state index in [1.54, 1.807) is 32.9 Å². The van der Waals surface area contributed by atoms with Crippen molar-refractivity contribution in [1.29, 1.82) is 0 Å². The minimum absolute atomic E-state index is 0.290. The van der Waals surface area contributed by atoms with Gasteiger partial charge in [-0.15, -0.1) is 0 Å². The minimum Gasteiger partial charge on any atom is -0.464 e. The van der Waals surface area contributed by atoms with Crippen molar-refractivity contribution in [2.24, 2.45) is 0 Å². The Balaban J connectivity index is 3.04. The van der Waals surface area contributed by atoms with Gasteiger partial charge in [0.2, 0.25) is 0 Å². The molecule has 0 spiro atoms. The Labute approximate surface area is 126 Å². The third-order valence-electron chi connectivity index (χ3n) is 3.47. The molecule has 5 heteroatoms. The lowest BCUT2D eigenvalue weighted by molar-refractivity contribution is -0.151. The molecule has 0 aromatic heterocycles. The van der Waals surface area contributed by atoms with Crippen LogP contribution in [0.2, 0.25) is 0 Å². The minimum atomic E-state index is -1.06. The fourth-order valence-corrected chi connectivity index (χ4v) is 2.00. The van der Waals surface area contributed by atoms with Crippen LogP contribution in [0.4, 0.5) is 4.39 Å². The first kappa shape index (κ1) is 17.6. The van der Waals surface area contributed by atoms with Crippen molar-refractivity contribution in [2.45, 2.75) is 26.3 Å². The van der Waals surface area contributed by atoms with Gasteiger partial charge in [-0.25, -0.2) is 9.18 Å². The largest absolute Gasteiger partial charge is 0.464 e. The van der Waals surface area contributed by atoms with Crippen LogP contribution in [0.5, 0.6) is 0 Å². The molecule has 1 atom stereocenters. The number of nitrogens with one attached hydrogen (secondary N) is 1. The maximum absolute atomic E-state index is 13.8. The molecular weight excluding hydrogens is 271 g/mol. The summed E-state index contributed by atoms with van der Waals surface area (Å²) < 4.78 is 19.0. The smallest absolute Gasteiger partial charge is 0.330 e. The second-order valence-corrected chi connectivity index (χ2v) is 5.54. The highest BCUT2D eigenvalue weighted by atomic mass is 19.1. The van der Waals surface area contributed by atoms with Gasteiger partial charge >= 0.3 is 5.97 Å².